The van der Waals surface area contributed by atoms with Gasteiger partial charge in [0.05, 0.1) is 11.9 Å². The second-order valence-electron chi connectivity index (χ2n) is 3.79. The molecule has 3 N–H and O–H groups in total. The van der Waals surface area contributed by atoms with Crippen molar-refractivity contribution < 1.29 is 0 Å². The van der Waals surface area contributed by atoms with Gasteiger partial charge < -0.3 is 10.7 Å². The van der Waals surface area contributed by atoms with Crippen molar-refractivity contribution in [1.29, 1.82) is 0 Å². The highest BCUT2D eigenvalue weighted by Crippen LogP contribution is 2.16. The summed E-state index contributed by atoms with van der Waals surface area (Å²) in [5.41, 5.74) is 7.91. The Hall–Kier alpha value is -1.61. The number of rotatable bonds is 3. The van der Waals surface area contributed by atoms with Crippen molar-refractivity contribution in [3.63, 3.8) is 0 Å². The molecule has 1 aromatic carbocycles. The molecule has 0 aliphatic rings. The molecule has 0 bridgehead atoms. The molecule has 0 aliphatic heterocycles. The van der Waals surface area contributed by atoms with E-state index in [1.165, 1.54) is 0 Å². The van der Waals surface area contributed by atoms with E-state index in [-0.39, 0.29) is 6.04 Å². The lowest BCUT2D eigenvalue weighted by molar-refractivity contribution is 0.710. The van der Waals surface area contributed by atoms with E-state index in [1.807, 2.05) is 31.3 Å². The van der Waals surface area contributed by atoms with Crippen LogP contribution in [0.1, 0.15) is 12.7 Å². The fourth-order valence-corrected chi connectivity index (χ4v) is 1.54. The van der Waals surface area contributed by atoms with Gasteiger partial charge >= 0.3 is 0 Å². The van der Waals surface area contributed by atoms with Crippen molar-refractivity contribution in [3.8, 4) is 11.3 Å². The molecule has 0 aliphatic carbocycles. The Kier molecular flexibility index (Phi) is 2.83. The smallest absolute Gasteiger partial charge is 0.108 e. The summed E-state index contributed by atoms with van der Waals surface area (Å²) >= 11 is 0. The Morgan fingerprint density at radius 1 is 1.33 bits per heavy atom. The van der Waals surface area contributed by atoms with Gasteiger partial charge in [-0.25, -0.2) is 4.98 Å². The van der Waals surface area contributed by atoms with Crippen LogP contribution >= 0.6 is 0 Å². The lowest BCUT2D eigenvalue weighted by atomic mass is 10.2. The first-order chi connectivity index (χ1) is 7.25. The fraction of sp³-hybridized carbons (Fsp3) is 0.250. The molecule has 1 atom stereocenters. The highest BCUT2D eigenvalue weighted by atomic mass is 14.9. The maximum absolute atomic E-state index is 5.71. The van der Waals surface area contributed by atoms with Gasteiger partial charge in [-0.05, 0) is 12.5 Å². The number of H-pyrrole nitrogens is 1. The molecular weight excluding hydrogens is 186 g/mol. The van der Waals surface area contributed by atoms with Crippen LogP contribution in [0, 0.1) is 0 Å². The van der Waals surface area contributed by atoms with Crippen molar-refractivity contribution in [2.45, 2.75) is 19.4 Å². The number of hydrogen-bond acceptors (Lipinski definition) is 2. The number of aromatic amines is 1. The second kappa shape index (κ2) is 4.28. The molecular formula is C12H15N3. The van der Waals surface area contributed by atoms with Crippen LogP contribution in [0.2, 0.25) is 0 Å². The van der Waals surface area contributed by atoms with Crippen LogP contribution in [0.25, 0.3) is 11.3 Å². The first-order valence-electron chi connectivity index (χ1n) is 5.10. The average Bonchev–Trinajstić information content (AvgIpc) is 2.67. The standard InChI is InChI=1S/C12H15N3/c1-9(13)7-12-14-8-11(15-12)10-5-3-2-4-6-10/h2-6,8-9H,7,13H2,1H3,(H,14,15). The molecule has 1 heterocycles. The van der Waals surface area contributed by atoms with E-state index in [0.717, 1.165) is 23.5 Å². The third kappa shape index (κ3) is 2.44. The number of hydrogen-bond donors (Lipinski definition) is 2. The molecule has 3 heteroatoms. The SMILES string of the molecule is CC(N)Cc1ncc(-c2ccccc2)[nH]1. The minimum atomic E-state index is 0.139. The summed E-state index contributed by atoms with van der Waals surface area (Å²) in [6.07, 6.45) is 2.64. The second-order valence-corrected chi connectivity index (χ2v) is 3.79. The van der Waals surface area contributed by atoms with Crippen LogP contribution in [0.15, 0.2) is 36.5 Å². The Labute approximate surface area is 89.4 Å². The van der Waals surface area contributed by atoms with Gasteiger partial charge in [-0.2, -0.15) is 0 Å². The van der Waals surface area contributed by atoms with Gasteiger partial charge in [0.15, 0.2) is 0 Å². The molecule has 2 aromatic rings. The number of nitrogens with zero attached hydrogens (tertiary/aromatic N) is 1. The van der Waals surface area contributed by atoms with Gasteiger partial charge in [-0.1, -0.05) is 30.3 Å². The summed E-state index contributed by atoms with van der Waals surface area (Å²) in [4.78, 5) is 7.57. The molecule has 0 spiro atoms. The molecule has 3 nitrogen and oxygen atoms in total. The third-order valence-electron chi connectivity index (χ3n) is 2.23. The largest absolute Gasteiger partial charge is 0.342 e. The van der Waals surface area contributed by atoms with E-state index in [4.69, 9.17) is 5.73 Å². The Morgan fingerprint density at radius 2 is 2.07 bits per heavy atom. The van der Waals surface area contributed by atoms with Gasteiger partial charge in [0.1, 0.15) is 5.82 Å². The van der Waals surface area contributed by atoms with E-state index in [9.17, 15) is 0 Å². The van der Waals surface area contributed by atoms with E-state index in [2.05, 4.69) is 22.1 Å². The maximum Gasteiger partial charge on any atom is 0.108 e. The van der Waals surface area contributed by atoms with Crippen LogP contribution in [0.4, 0.5) is 0 Å². The number of imidazole rings is 1. The van der Waals surface area contributed by atoms with Gasteiger partial charge in [-0.15, -0.1) is 0 Å². The molecule has 0 radical (unpaired) electrons. The Morgan fingerprint density at radius 3 is 2.73 bits per heavy atom. The van der Waals surface area contributed by atoms with E-state index >= 15 is 0 Å². The summed E-state index contributed by atoms with van der Waals surface area (Å²) < 4.78 is 0. The molecule has 15 heavy (non-hydrogen) atoms. The summed E-state index contributed by atoms with van der Waals surface area (Å²) in [5, 5.41) is 0. The number of aromatic nitrogens is 2. The van der Waals surface area contributed by atoms with Gasteiger partial charge in [0.2, 0.25) is 0 Å². The van der Waals surface area contributed by atoms with Crippen LogP contribution in [0.5, 0.6) is 0 Å². The molecule has 0 saturated heterocycles. The molecule has 2 rings (SSSR count). The Balaban J connectivity index is 2.21. The van der Waals surface area contributed by atoms with E-state index < -0.39 is 0 Å². The highest BCUT2D eigenvalue weighted by molar-refractivity contribution is 5.57. The first-order valence-corrected chi connectivity index (χ1v) is 5.10. The van der Waals surface area contributed by atoms with Crippen LogP contribution in [-0.2, 0) is 6.42 Å². The molecule has 1 unspecified atom stereocenters. The predicted molar refractivity (Wildman–Crippen MR) is 61.4 cm³/mol. The fourth-order valence-electron chi connectivity index (χ4n) is 1.54. The van der Waals surface area contributed by atoms with Crippen molar-refractivity contribution in [3.05, 3.63) is 42.4 Å². The molecule has 0 fully saturated rings. The normalized spacial score (nSPS) is 12.7. The zero-order valence-electron chi connectivity index (χ0n) is 8.77. The number of nitrogens with one attached hydrogen (secondary N) is 1. The van der Waals surface area contributed by atoms with Crippen LogP contribution in [0.3, 0.4) is 0 Å². The molecule has 1 aromatic heterocycles. The topological polar surface area (TPSA) is 54.7 Å². The Bertz CT molecular complexity index is 417. The number of benzene rings is 1. The van der Waals surface area contributed by atoms with Crippen molar-refractivity contribution >= 4 is 0 Å². The summed E-state index contributed by atoms with van der Waals surface area (Å²) in [7, 11) is 0. The molecule has 0 saturated carbocycles. The lowest BCUT2D eigenvalue weighted by Gasteiger charge is -2.00. The van der Waals surface area contributed by atoms with Crippen molar-refractivity contribution in [2.75, 3.05) is 0 Å². The van der Waals surface area contributed by atoms with E-state index in [1.54, 1.807) is 0 Å². The van der Waals surface area contributed by atoms with Crippen molar-refractivity contribution in [2.24, 2.45) is 5.73 Å². The third-order valence-corrected chi connectivity index (χ3v) is 2.23. The minimum Gasteiger partial charge on any atom is -0.342 e. The van der Waals surface area contributed by atoms with Crippen molar-refractivity contribution in [1.82, 2.24) is 9.97 Å². The van der Waals surface area contributed by atoms with Gasteiger partial charge in [-0.3, -0.25) is 0 Å². The van der Waals surface area contributed by atoms with Crippen LogP contribution in [-0.4, -0.2) is 16.0 Å². The average molecular weight is 201 g/mol. The highest BCUT2D eigenvalue weighted by Gasteiger charge is 2.04. The van der Waals surface area contributed by atoms with E-state index in [0.29, 0.717) is 0 Å². The summed E-state index contributed by atoms with van der Waals surface area (Å²) in [5.74, 6) is 0.948. The monoisotopic (exact) mass is 201 g/mol. The van der Waals surface area contributed by atoms with Gasteiger partial charge in [0, 0.05) is 12.5 Å². The summed E-state index contributed by atoms with van der Waals surface area (Å²) in [6.45, 7) is 1.98. The first kappa shape index (κ1) is 9.93. The molecule has 78 valence electrons. The number of nitrogens with two attached hydrogens (primary N) is 1. The molecule has 0 amide bonds. The zero-order chi connectivity index (χ0) is 10.7. The minimum absolute atomic E-state index is 0.139. The maximum atomic E-state index is 5.71. The summed E-state index contributed by atoms with van der Waals surface area (Å²) in [6, 6.07) is 10.3. The predicted octanol–water partition coefficient (Wildman–Crippen LogP) is 1.97. The van der Waals surface area contributed by atoms with Gasteiger partial charge in [0.25, 0.3) is 0 Å². The lowest BCUT2D eigenvalue weighted by Crippen LogP contribution is -2.18. The zero-order valence-corrected chi connectivity index (χ0v) is 8.77. The van der Waals surface area contributed by atoms with Crippen LogP contribution < -0.4 is 5.73 Å². The quantitative estimate of drug-likeness (QED) is 0.797.